The molecule has 0 radical (unpaired) electrons. The Kier molecular flexibility index (Phi) is 2.95. The molecule has 2 aromatic rings. The minimum atomic E-state index is -0.373. The van der Waals surface area contributed by atoms with Crippen LogP contribution in [0.5, 0.6) is 5.75 Å². The number of nitrogens with zero attached hydrogens (tertiary/aromatic N) is 1. The molecule has 1 aromatic heterocycles. The van der Waals surface area contributed by atoms with Crippen molar-refractivity contribution in [3.63, 3.8) is 0 Å². The highest BCUT2D eigenvalue weighted by Crippen LogP contribution is 2.38. The number of nitrogen functional groups attached to an aromatic ring is 1. The van der Waals surface area contributed by atoms with E-state index < -0.39 is 0 Å². The molecule has 1 heterocycles. The molecule has 0 fully saturated rings. The van der Waals surface area contributed by atoms with Gasteiger partial charge in [0.05, 0.1) is 12.8 Å². The Bertz CT molecular complexity index is 610. The van der Waals surface area contributed by atoms with Crippen LogP contribution in [0.15, 0.2) is 24.3 Å². The van der Waals surface area contributed by atoms with Crippen molar-refractivity contribution < 1.29 is 4.74 Å². The maximum Gasteiger partial charge on any atom is 0.180 e. The molecule has 1 aliphatic carbocycles. The van der Waals surface area contributed by atoms with E-state index in [1.807, 2.05) is 18.2 Å². The first-order valence-corrected chi connectivity index (χ1v) is 7.10. The number of aryl methyl sites for hydroxylation is 1. The summed E-state index contributed by atoms with van der Waals surface area (Å²) < 4.78 is 5.28. The van der Waals surface area contributed by atoms with Crippen LogP contribution in [-0.2, 0) is 18.4 Å². The molecule has 1 aromatic carbocycles. The lowest BCUT2D eigenvalue weighted by atomic mass is 9.78. The van der Waals surface area contributed by atoms with E-state index in [2.05, 4.69) is 11.1 Å². The van der Waals surface area contributed by atoms with Gasteiger partial charge in [-0.15, -0.1) is 11.3 Å². The molecule has 0 bridgehead atoms. The number of aromatic nitrogens is 1. The molecule has 19 heavy (non-hydrogen) atoms. The summed E-state index contributed by atoms with van der Waals surface area (Å²) in [6.07, 6.45) is 2.59. The molecule has 0 saturated carbocycles. The average molecular weight is 275 g/mol. The predicted molar refractivity (Wildman–Crippen MR) is 77.4 cm³/mol. The van der Waals surface area contributed by atoms with Crippen molar-refractivity contribution in [1.82, 2.24) is 4.98 Å². The minimum absolute atomic E-state index is 0.373. The molecule has 0 saturated heterocycles. The van der Waals surface area contributed by atoms with E-state index in [0.29, 0.717) is 5.13 Å². The molecule has 4 nitrogen and oxygen atoms in total. The van der Waals surface area contributed by atoms with Crippen molar-refractivity contribution >= 4 is 16.5 Å². The maximum atomic E-state index is 6.60. The standard InChI is InChI=1S/C14H17N3OS/c1-18-10-4-2-3-9(7-10)14(16)6-5-12-11(8-14)17-13(15)19-12/h2-4,7H,5-6,8,16H2,1H3,(H2,15,17). The Morgan fingerprint density at radius 2 is 2.26 bits per heavy atom. The van der Waals surface area contributed by atoms with E-state index in [-0.39, 0.29) is 5.54 Å². The number of nitrogens with two attached hydrogens (primary N) is 2. The van der Waals surface area contributed by atoms with Crippen LogP contribution in [-0.4, -0.2) is 12.1 Å². The zero-order valence-electron chi connectivity index (χ0n) is 10.8. The van der Waals surface area contributed by atoms with Gasteiger partial charge in [0.2, 0.25) is 0 Å². The van der Waals surface area contributed by atoms with E-state index in [1.165, 1.54) is 4.88 Å². The third kappa shape index (κ3) is 2.19. The summed E-state index contributed by atoms with van der Waals surface area (Å²) >= 11 is 1.58. The van der Waals surface area contributed by atoms with Gasteiger partial charge in [0, 0.05) is 16.8 Å². The fraction of sp³-hybridized carbons (Fsp3) is 0.357. The van der Waals surface area contributed by atoms with Crippen LogP contribution in [0.3, 0.4) is 0 Å². The van der Waals surface area contributed by atoms with E-state index in [4.69, 9.17) is 16.2 Å². The summed E-state index contributed by atoms with van der Waals surface area (Å²) in [4.78, 5) is 5.68. The topological polar surface area (TPSA) is 74.2 Å². The van der Waals surface area contributed by atoms with Gasteiger partial charge < -0.3 is 16.2 Å². The van der Waals surface area contributed by atoms with E-state index in [1.54, 1.807) is 18.4 Å². The Hall–Kier alpha value is -1.59. The van der Waals surface area contributed by atoms with Crippen molar-refractivity contribution in [2.75, 3.05) is 12.8 Å². The molecule has 1 unspecified atom stereocenters. The molecule has 1 aliphatic rings. The second-order valence-electron chi connectivity index (χ2n) is 4.99. The highest BCUT2D eigenvalue weighted by atomic mass is 32.1. The number of anilines is 1. The normalized spacial score (nSPS) is 22.0. The van der Waals surface area contributed by atoms with Crippen molar-refractivity contribution in [1.29, 1.82) is 0 Å². The molecular weight excluding hydrogens is 258 g/mol. The number of rotatable bonds is 2. The maximum absolute atomic E-state index is 6.60. The summed E-state index contributed by atoms with van der Waals surface area (Å²) in [6.45, 7) is 0. The monoisotopic (exact) mass is 275 g/mol. The van der Waals surface area contributed by atoms with Gasteiger partial charge in [-0.3, -0.25) is 0 Å². The smallest absolute Gasteiger partial charge is 0.180 e. The van der Waals surface area contributed by atoms with Crippen molar-refractivity contribution in [2.45, 2.75) is 24.8 Å². The van der Waals surface area contributed by atoms with Crippen molar-refractivity contribution in [3.05, 3.63) is 40.4 Å². The van der Waals surface area contributed by atoms with Crippen molar-refractivity contribution in [2.24, 2.45) is 5.73 Å². The number of benzene rings is 1. The summed E-state index contributed by atoms with van der Waals surface area (Å²) in [6, 6.07) is 7.99. The third-order valence-electron chi connectivity index (χ3n) is 3.72. The lowest BCUT2D eigenvalue weighted by Gasteiger charge is -2.33. The molecule has 3 rings (SSSR count). The molecule has 4 N–H and O–H groups in total. The molecular formula is C14H17N3OS. The van der Waals surface area contributed by atoms with Crippen LogP contribution in [0, 0.1) is 0 Å². The zero-order valence-corrected chi connectivity index (χ0v) is 11.7. The molecule has 1 atom stereocenters. The lowest BCUT2D eigenvalue weighted by Crippen LogP contribution is -2.42. The van der Waals surface area contributed by atoms with E-state index in [9.17, 15) is 0 Å². The van der Waals surface area contributed by atoms with Crippen LogP contribution in [0.1, 0.15) is 22.6 Å². The van der Waals surface area contributed by atoms with E-state index >= 15 is 0 Å². The van der Waals surface area contributed by atoms with Crippen LogP contribution >= 0.6 is 11.3 Å². The van der Waals surface area contributed by atoms with Gasteiger partial charge in [0.1, 0.15) is 5.75 Å². The summed E-state index contributed by atoms with van der Waals surface area (Å²) in [7, 11) is 1.67. The van der Waals surface area contributed by atoms with Gasteiger partial charge in [-0.05, 0) is 30.5 Å². The van der Waals surface area contributed by atoms with Crippen LogP contribution in [0.25, 0.3) is 0 Å². The van der Waals surface area contributed by atoms with Crippen LogP contribution in [0.2, 0.25) is 0 Å². The second-order valence-corrected chi connectivity index (χ2v) is 6.10. The highest BCUT2D eigenvalue weighted by Gasteiger charge is 2.34. The Morgan fingerprint density at radius 3 is 3.05 bits per heavy atom. The molecule has 0 spiro atoms. The number of fused-ring (bicyclic) bond motifs is 1. The SMILES string of the molecule is COc1cccc(C2(N)CCc3sc(N)nc3C2)c1. The number of thiazole rings is 1. The zero-order chi connectivity index (χ0) is 13.5. The summed E-state index contributed by atoms with van der Waals surface area (Å²) in [5.74, 6) is 0.839. The Labute approximate surface area is 116 Å². The molecule has 5 heteroatoms. The fourth-order valence-electron chi connectivity index (χ4n) is 2.64. The number of hydrogen-bond acceptors (Lipinski definition) is 5. The first-order chi connectivity index (χ1) is 9.10. The highest BCUT2D eigenvalue weighted by molar-refractivity contribution is 7.15. The van der Waals surface area contributed by atoms with Gasteiger partial charge in [-0.25, -0.2) is 4.98 Å². The Morgan fingerprint density at radius 1 is 1.42 bits per heavy atom. The predicted octanol–water partition coefficient (Wildman–Crippen LogP) is 2.08. The molecule has 0 aliphatic heterocycles. The fourth-order valence-corrected chi connectivity index (χ4v) is 3.49. The number of ether oxygens (including phenoxy) is 1. The first kappa shape index (κ1) is 12.4. The quantitative estimate of drug-likeness (QED) is 0.880. The minimum Gasteiger partial charge on any atom is -0.497 e. The number of methoxy groups -OCH3 is 1. The summed E-state index contributed by atoms with van der Waals surface area (Å²) in [5, 5.41) is 0.639. The average Bonchev–Trinajstić information content (AvgIpc) is 2.78. The van der Waals surface area contributed by atoms with Gasteiger partial charge in [0.15, 0.2) is 5.13 Å². The molecule has 100 valence electrons. The third-order valence-corrected chi connectivity index (χ3v) is 4.71. The van der Waals surface area contributed by atoms with Gasteiger partial charge in [0.25, 0.3) is 0 Å². The second kappa shape index (κ2) is 4.51. The van der Waals surface area contributed by atoms with Gasteiger partial charge in [-0.2, -0.15) is 0 Å². The first-order valence-electron chi connectivity index (χ1n) is 6.28. The van der Waals surface area contributed by atoms with Crippen molar-refractivity contribution in [3.8, 4) is 5.75 Å². The number of hydrogen-bond donors (Lipinski definition) is 2. The Balaban J connectivity index is 1.96. The van der Waals surface area contributed by atoms with Crippen LogP contribution in [0.4, 0.5) is 5.13 Å². The van der Waals surface area contributed by atoms with Crippen LogP contribution < -0.4 is 16.2 Å². The van der Waals surface area contributed by atoms with Gasteiger partial charge >= 0.3 is 0 Å². The largest absolute Gasteiger partial charge is 0.497 e. The summed E-state index contributed by atoms with van der Waals surface area (Å²) in [5.41, 5.74) is 14.2. The lowest BCUT2D eigenvalue weighted by molar-refractivity contribution is 0.376. The van der Waals surface area contributed by atoms with E-state index in [0.717, 1.165) is 36.3 Å². The van der Waals surface area contributed by atoms with Gasteiger partial charge in [-0.1, -0.05) is 12.1 Å². The molecule has 0 amide bonds.